The third-order valence-electron chi connectivity index (χ3n) is 6.74. The summed E-state index contributed by atoms with van der Waals surface area (Å²) in [5.74, 6) is 0.631. The Morgan fingerprint density at radius 1 is 1.13 bits per heavy atom. The number of amides is 1. The normalized spacial score (nSPS) is 22.2. The van der Waals surface area contributed by atoms with Crippen LogP contribution in [0.2, 0.25) is 0 Å². The predicted molar refractivity (Wildman–Crippen MR) is 116 cm³/mol. The molecular formula is C24H33FN4O. The molecule has 2 saturated heterocycles. The van der Waals surface area contributed by atoms with Crippen molar-refractivity contribution in [2.75, 3.05) is 26.2 Å². The van der Waals surface area contributed by atoms with Gasteiger partial charge in [-0.3, -0.25) is 14.4 Å². The number of aryl methyl sites for hydroxylation is 3. The molecule has 2 atom stereocenters. The number of fused-ring (bicyclic) bond motifs is 1. The van der Waals surface area contributed by atoms with Gasteiger partial charge in [0.1, 0.15) is 5.82 Å². The molecule has 1 aromatic carbocycles. The average molecular weight is 413 g/mol. The highest BCUT2D eigenvalue weighted by molar-refractivity contribution is 5.76. The summed E-state index contributed by atoms with van der Waals surface area (Å²) in [7, 11) is 0. The van der Waals surface area contributed by atoms with E-state index >= 15 is 0 Å². The van der Waals surface area contributed by atoms with E-state index in [4.69, 9.17) is 0 Å². The van der Waals surface area contributed by atoms with Gasteiger partial charge in [-0.1, -0.05) is 18.6 Å². The Morgan fingerprint density at radius 2 is 1.93 bits per heavy atom. The van der Waals surface area contributed by atoms with Gasteiger partial charge in [-0.05, 0) is 69.3 Å². The Bertz CT molecular complexity index is 863. The molecule has 6 heteroatoms. The van der Waals surface area contributed by atoms with Crippen molar-refractivity contribution in [3.05, 3.63) is 53.1 Å². The lowest BCUT2D eigenvalue weighted by molar-refractivity contribution is -0.130. The first-order valence-corrected chi connectivity index (χ1v) is 11.3. The maximum atomic E-state index is 13.2. The van der Waals surface area contributed by atoms with Gasteiger partial charge in [-0.25, -0.2) is 4.39 Å². The van der Waals surface area contributed by atoms with Gasteiger partial charge in [0.05, 0.1) is 5.69 Å². The number of hydrogen-bond donors (Lipinski definition) is 0. The highest BCUT2D eigenvalue weighted by Crippen LogP contribution is 2.30. The van der Waals surface area contributed by atoms with Gasteiger partial charge in [0, 0.05) is 44.3 Å². The minimum absolute atomic E-state index is 0.181. The minimum Gasteiger partial charge on any atom is -0.341 e. The number of aromatic nitrogens is 2. The van der Waals surface area contributed by atoms with Crippen molar-refractivity contribution in [3.63, 3.8) is 0 Å². The lowest BCUT2D eigenvalue weighted by Gasteiger charge is -2.30. The van der Waals surface area contributed by atoms with E-state index in [0.717, 1.165) is 44.0 Å². The van der Waals surface area contributed by atoms with Gasteiger partial charge in [-0.2, -0.15) is 5.10 Å². The average Bonchev–Trinajstić information content (AvgIpc) is 3.23. The smallest absolute Gasteiger partial charge is 0.224 e. The van der Waals surface area contributed by atoms with Crippen molar-refractivity contribution in [1.82, 2.24) is 19.6 Å². The van der Waals surface area contributed by atoms with Crippen LogP contribution in [0.25, 0.3) is 0 Å². The van der Waals surface area contributed by atoms with E-state index in [1.807, 2.05) is 30.7 Å². The molecule has 0 N–H and O–H groups in total. The minimum atomic E-state index is -0.181. The molecule has 3 heterocycles. The van der Waals surface area contributed by atoms with Gasteiger partial charge < -0.3 is 4.90 Å². The number of carbonyl (C=O) groups is 1. The molecule has 0 bridgehead atoms. The maximum absolute atomic E-state index is 13.2. The quantitative estimate of drug-likeness (QED) is 0.728. The van der Waals surface area contributed by atoms with Crippen molar-refractivity contribution >= 4 is 5.91 Å². The first kappa shape index (κ1) is 21.0. The maximum Gasteiger partial charge on any atom is 0.224 e. The third kappa shape index (κ3) is 4.91. The van der Waals surface area contributed by atoms with E-state index in [1.165, 1.54) is 24.8 Å². The molecule has 0 radical (unpaired) electrons. The van der Waals surface area contributed by atoms with Crippen molar-refractivity contribution < 1.29 is 9.18 Å². The molecule has 2 fully saturated rings. The SMILES string of the molecule is Cc1cc(C)n(CCC(=O)N2C[C@@H]3CCCCN(CCc4ccc(F)cc4)[C@@H]3C2)n1. The van der Waals surface area contributed by atoms with E-state index in [1.54, 1.807) is 12.1 Å². The van der Waals surface area contributed by atoms with Crippen LogP contribution < -0.4 is 0 Å². The number of nitrogens with zero attached hydrogens (tertiary/aromatic N) is 4. The molecule has 162 valence electrons. The van der Waals surface area contributed by atoms with Crippen LogP contribution in [0, 0.1) is 25.6 Å². The van der Waals surface area contributed by atoms with Gasteiger partial charge in [0.2, 0.25) is 5.91 Å². The molecule has 0 saturated carbocycles. The fourth-order valence-corrected chi connectivity index (χ4v) is 5.10. The zero-order valence-electron chi connectivity index (χ0n) is 18.2. The van der Waals surface area contributed by atoms with Crippen LogP contribution in [0.5, 0.6) is 0 Å². The van der Waals surface area contributed by atoms with Gasteiger partial charge in [-0.15, -0.1) is 0 Å². The second kappa shape index (κ2) is 9.29. The molecule has 30 heavy (non-hydrogen) atoms. The summed E-state index contributed by atoms with van der Waals surface area (Å²) in [5.41, 5.74) is 3.28. The van der Waals surface area contributed by atoms with Crippen molar-refractivity contribution in [2.24, 2.45) is 5.92 Å². The molecule has 2 aromatic rings. The molecule has 0 spiro atoms. The Balaban J connectivity index is 1.34. The zero-order valence-corrected chi connectivity index (χ0v) is 18.2. The summed E-state index contributed by atoms with van der Waals surface area (Å²) in [6, 6.07) is 9.35. The van der Waals surface area contributed by atoms with E-state index in [9.17, 15) is 9.18 Å². The predicted octanol–water partition coefficient (Wildman–Crippen LogP) is 3.58. The Kier molecular flexibility index (Phi) is 6.52. The standard InChI is InChI=1S/C24H33FN4O/c1-18-15-19(2)29(26-18)14-11-24(30)28-16-21-5-3-4-12-27(23(21)17-28)13-10-20-6-8-22(25)9-7-20/h6-9,15,21,23H,3-5,10-14,16-17H2,1-2H3/t21-,23+/m0/s1. The molecule has 1 aromatic heterocycles. The molecule has 5 nitrogen and oxygen atoms in total. The van der Waals surface area contributed by atoms with Crippen LogP contribution in [-0.2, 0) is 17.8 Å². The lowest BCUT2D eigenvalue weighted by atomic mass is 9.98. The van der Waals surface area contributed by atoms with Crippen LogP contribution in [0.1, 0.15) is 42.6 Å². The molecular weight excluding hydrogens is 379 g/mol. The Morgan fingerprint density at radius 3 is 2.67 bits per heavy atom. The molecule has 2 aliphatic heterocycles. The Hall–Kier alpha value is -2.21. The summed E-state index contributed by atoms with van der Waals surface area (Å²) in [5, 5.41) is 4.48. The number of halogens is 1. The van der Waals surface area contributed by atoms with Gasteiger partial charge in [0.15, 0.2) is 0 Å². The first-order chi connectivity index (χ1) is 14.5. The second-order valence-electron chi connectivity index (χ2n) is 8.93. The summed E-state index contributed by atoms with van der Waals surface area (Å²) >= 11 is 0. The van der Waals surface area contributed by atoms with Crippen molar-refractivity contribution in [2.45, 2.75) is 58.5 Å². The van der Waals surface area contributed by atoms with E-state index < -0.39 is 0 Å². The summed E-state index contributed by atoms with van der Waals surface area (Å²) in [6.45, 7) is 8.46. The van der Waals surface area contributed by atoms with Crippen molar-refractivity contribution in [3.8, 4) is 0 Å². The monoisotopic (exact) mass is 412 g/mol. The topological polar surface area (TPSA) is 41.4 Å². The summed E-state index contributed by atoms with van der Waals surface area (Å²) < 4.78 is 15.1. The second-order valence-corrected chi connectivity index (χ2v) is 8.93. The van der Waals surface area contributed by atoms with Gasteiger partial charge >= 0.3 is 0 Å². The van der Waals surface area contributed by atoms with Crippen LogP contribution in [0.15, 0.2) is 30.3 Å². The number of rotatable bonds is 6. The fourth-order valence-electron chi connectivity index (χ4n) is 5.10. The largest absolute Gasteiger partial charge is 0.341 e. The molecule has 0 unspecified atom stereocenters. The van der Waals surface area contributed by atoms with Crippen LogP contribution in [0.4, 0.5) is 4.39 Å². The summed E-state index contributed by atoms with van der Waals surface area (Å²) in [6.07, 6.45) is 5.11. The van der Waals surface area contributed by atoms with Gasteiger partial charge in [0.25, 0.3) is 0 Å². The van der Waals surface area contributed by atoms with Crippen LogP contribution in [-0.4, -0.2) is 57.7 Å². The highest BCUT2D eigenvalue weighted by Gasteiger charge is 2.39. The molecule has 4 rings (SSSR count). The molecule has 2 aliphatic rings. The van der Waals surface area contributed by atoms with E-state index in [-0.39, 0.29) is 11.7 Å². The van der Waals surface area contributed by atoms with Crippen molar-refractivity contribution in [1.29, 1.82) is 0 Å². The van der Waals surface area contributed by atoms with E-state index in [2.05, 4.69) is 21.0 Å². The fraction of sp³-hybridized carbons (Fsp3) is 0.583. The van der Waals surface area contributed by atoms with Crippen LogP contribution in [0.3, 0.4) is 0 Å². The molecule has 0 aliphatic carbocycles. The zero-order chi connectivity index (χ0) is 21.1. The third-order valence-corrected chi connectivity index (χ3v) is 6.74. The number of hydrogen-bond acceptors (Lipinski definition) is 3. The van der Waals surface area contributed by atoms with Crippen LogP contribution >= 0.6 is 0 Å². The summed E-state index contributed by atoms with van der Waals surface area (Å²) in [4.78, 5) is 17.6. The van der Waals surface area contributed by atoms with E-state index in [0.29, 0.717) is 24.9 Å². The molecule has 1 amide bonds. The number of benzene rings is 1. The number of carbonyl (C=O) groups excluding carboxylic acids is 1. The lowest BCUT2D eigenvalue weighted by Crippen LogP contribution is -2.42. The highest BCUT2D eigenvalue weighted by atomic mass is 19.1. The number of likely N-dealkylation sites (tertiary alicyclic amines) is 2. The first-order valence-electron chi connectivity index (χ1n) is 11.3. The Labute approximate surface area is 178 Å².